The number of aromatic nitrogens is 2. The maximum atomic E-state index is 13.3. The summed E-state index contributed by atoms with van der Waals surface area (Å²) in [5.41, 5.74) is 3.22. The molecule has 0 radical (unpaired) electrons. The normalized spacial score (nSPS) is 10.8. The Morgan fingerprint density at radius 1 is 1.03 bits per heavy atom. The lowest BCUT2D eigenvalue weighted by molar-refractivity contribution is 0.251. The molecule has 5 nitrogen and oxygen atoms in total. The maximum Gasteiger partial charge on any atom is 0.319 e. The van der Waals surface area contributed by atoms with Gasteiger partial charge in [0.1, 0.15) is 11.6 Å². The van der Waals surface area contributed by atoms with Gasteiger partial charge in [-0.2, -0.15) is 0 Å². The second kappa shape index (κ2) is 8.32. The van der Waals surface area contributed by atoms with Crippen LogP contribution in [-0.2, 0) is 6.54 Å². The SMILES string of the molecule is O=C(NCCn1c(-c2ccc(F)cc2)nc2ccccc21)Nc1cccc(Cl)c1. The first-order chi connectivity index (χ1) is 14.1. The second-order valence-corrected chi connectivity index (χ2v) is 6.91. The van der Waals surface area contributed by atoms with Gasteiger partial charge in [0.15, 0.2) is 0 Å². The molecule has 4 rings (SSSR count). The molecule has 0 saturated carbocycles. The molecule has 2 amide bonds. The molecule has 0 aliphatic rings. The Morgan fingerprint density at radius 3 is 2.62 bits per heavy atom. The van der Waals surface area contributed by atoms with E-state index in [4.69, 9.17) is 11.6 Å². The first kappa shape index (κ1) is 19.0. The molecule has 0 saturated heterocycles. The molecule has 3 aromatic carbocycles. The van der Waals surface area contributed by atoms with Crippen molar-refractivity contribution in [1.82, 2.24) is 14.9 Å². The minimum atomic E-state index is -0.319. The van der Waals surface area contributed by atoms with Crippen LogP contribution >= 0.6 is 11.6 Å². The molecule has 0 bridgehead atoms. The highest BCUT2D eigenvalue weighted by Gasteiger charge is 2.13. The molecular formula is C22H18ClFN4O. The lowest BCUT2D eigenvalue weighted by Crippen LogP contribution is -2.31. The highest BCUT2D eigenvalue weighted by molar-refractivity contribution is 6.30. The molecule has 0 fully saturated rings. The average Bonchev–Trinajstić information content (AvgIpc) is 3.07. The van der Waals surface area contributed by atoms with E-state index in [-0.39, 0.29) is 11.8 Å². The van der Waals surface area contributed by atoms with Crippen LogP contribution in [0.25, 0.3) is 22.4 Å². The van der Waals surface area contributed by atoms with Gasteiger partial charge in [0.2, 0.25) is 0 Å². The molecule has 146 valence electrons. The highest BCUT2D eigenvalue weighted by atomic mass is 35.5. The van der Waals surface area contributed by atoms with Crippen molar-refractivity contribution in [3.05, 3.63) is 83.6 Å². The predicted molar refractivity (Wildman–Crippen MR) is 114 cm³/mol. The van der Waals surface area contributed by atoms with Crippen LogP contribution < -0.4 is 10.6 Å². The number of halogens is 2. The average molecular weight is 409 g/mol. The fourth-order valence-corrected chi connectivity index (χ4v) is 3.33. The summed E-state index contributed by atoms with van der Waals surface area (Å²) in [4.78, 5) is 16.9. The van der Waals surface area contributed by atoms with Crippen LogP contribution in [-0.4, -0.2) is 22.1 Å². The van der Waals surface area contributed by atoms with Crippen molar-refractivity contribution in [2.75, 3.05) is 11.9 Å². The van der Waals surface area contributed by atoms with E-state index in [0.717, 1.165) is 22.4 Å². The van der Waals surface area contributed by atoms with Crippen LogP contribution in [0.3, 0.4) is 0 Å². The van der Waals surface area contributed by atoms with Crippen molar-refractivity contribution in [2.45, 2.75) is 6.54 Å². The number of imidazole rings is 1. The fraction of sp³-hybridized carbons (Fsp3) is 0.0909. The van der Waals surface area contributed by atoms with E-state index in [9.17, 15) is 9.18 Å². The van der Waals surface area contributed by atoms with Crippen molar-refractivity contribution in [1.29, 1.82) is 0 Å². The zero-order chi connectivity index (χ0) is 20.2. The summed E-state index contributed by atoms with van der Waals surface area (Å²) < 4.78 is 15.3. The Labute approximate surface area is 172 Å². The number of hydrogen-bond donors (Lipinski definition) is 2. The number of carbonyl (C=O) groups is 1. The fourth-order valence-electron chi connectivity index (χ4n) is 3.14. The smallest absolute Gasteiger partial charge is 0.319 e. The zero-order valence-corrected chi connectivity index (χ0v) is 16.2. The van der Waals surface area contributed by atoms with Crippen LogP contribution in [0.4, 0.5) is 14.9 Å². The van der Waals surface area contributed by atoms with Gasteiger partial charge < -0.3 is 15.2 Å². The molecule has 1 aromatic heterocycles. The Balaban J connectivity index is 1.50. The van der Waals surface area contributed by atoms with Gasteiger partial charge in [0.05, 0.1) is 11.0 Å². The van der Waals surface area contributed by atoms with Crippen molar-refractivity contribution in [3.8, 4) is 11.4 Å². The largest absolute Gasteiger partial charge is 0.336 e. The van der Waals surface area contributed by atoms with E-state index in [2.05, 4.69) is 15.6 Å². The molecule has 2 N–H and O–H groups in total. The summed E-state index contributed by atoms with van der Waals surface area (Å²) in [5, 5.41) is 6.14. The summed E-state index contributed by atoms with van der Waals surface area (Å²) in [6, 6.07) is 20.6. The Hall–Kier alpha value is -3.38. The first-order valence-electron chi connectivity index (χ1n) is 9.12. The standard InChI is InChI=1S/C22H18ClFN4O/c23-16-4-3-5-18(14-16)26-22(29)25-12-13-28-20-7-2-1-6-19(20)27-21(28)15-8-10-17(24)11-9-15/h1-11,14H,12-13H2,(H2,25,26,29). The van der Waals surface area contributed by atoms with Gasteiger partial charge in [-0.15, -0.1) is 0 Å². The van der Waals surface area contributed by atoms with Gasteiger partial charge in [-0.3, -0.25) is 0 Å². The van der Waals surface area contributed by atoms with E-state index < -0.39 is 0 Å². The molecule has 4 aromatic rings. The Bertz CT molecular complexity index is 1160. The molecule has 0 spiro atoms. The van der Waals surface area contributed by atoms with Crippen LogP contribution in [0, 0.1) is 5.82 Å². The number of hydrogen-bond acceptors (Lipinski definition) is 2. The van der Waals surface area contributed by atoms with Crippen LogP contribution in [0.2, 0.25) is 5.02 Å². The van der Waals surface area contributed by atoms with Gasteiger partial charge in [-0.1, -0.05) is 29.8 Å². The number of amides is 2. The first-order valence-corrected chi connectivity index (χ1v) is 9.49. The maximum absolute atomic E-state index is 13.3. The lowest BCUT2D eigenvalue weighted by Gasteiger charge is -2.11. The Kier molecular flexibility index (Phi) is 5.44. The number of para-hydroxylation sites is 2. The summed E-state index contributed by atoms with van der Waals surface area (Å²) in [6.07, 6.45) is 0. The predicted octanol–water partition coefficient (Wildman–Crippen LogP) is 5.32. The molecule has 1 heterocycles. The number of nitrogens with one attached hydrogen (secondary N) is 2. The van der Waals surface area contributed by atoms with Gasteiger partial charge in [-0.25, -0.2) is 14.2 Å². The van der Waals surface area contributed by atoms with E-state index in [1.807, 2.05) is 28.8 Å². The van der Waals surface area contributed by atoms with Crippen LogP contribution in [0.15, 0.2) is 72.8 Å². The van der Waals surface area contributed by atoms with Gasteiger partial charge in [0.25, 0.3) is 0 Å². The number of rotatable bonds is 5. The van der Waals surface area contributed by atoms with Crippen LogP contribution in [0.1, 0.15) is 0 Å². The molecule has 7 heteroatoms. The second-order valence-electron chi connectivity index (χ2n) is 6.47. The molecular weight excluding hydrogens is 391 g/mol. The topological polar surface area (TPSA) is 59.0 Å². The van der Waals surface area contributed by atoms with Crippen molar-refractivity contribution in [2.24, 2.45) is 0 Å². The third kappa shape index (κ3) is 4.38. The quantitative estimate of drug-likeness (QED) is 0.469. The van der Waals surface area contributed by atoms with Gasteiger partial charge in [-0.05, 0) is 54.6 Å². The minimum Gasteiger partial charge on any atom is -0.336 e. The molecule has 0 unspecified atom stereocenters. The number of nitrogens with zero attached hydrogens (tertiary/aromatic N) is 2. The van der Waals surface area contributed by atoms with Gasteiger partial charge >= 0.3 is 6.03 Å². The number of fused-ring (bicyclic) bond motifs is 1. The van der Waals surface area contributed by atoms with Crippen molar-refractivity contribution < 1.29 is 9.18 Å². The van der Waals surface area contributed by atoms with Gasteiger partial charge in [0, 0.05) is 29.4 Å². The molecule has 0 atom stereocenters. The Morgan fingerprint density at radius 2 is 1.83 bits per heavy atom. The van der Waals surface area contributed by atoms with E-state index >= 15 is 0 Å². The summed E-state index contributed by atoms with van der Waals surface area (Å²) in [6.45, 7) is 0.900. The molecule has 29 heavy (non-hydrogen) atoms. The monoisotopic (exact) mass is 408 g/mol. The highest BCUT2D eigenvalue weighted by Crippen LogP contribution is 2.25. The van der Waals surface area contributed by atoms with E-state index in [1.165, 1.54) is 12.1 Å². The summed E-state index contributed by atoms with van der Waals surface area (Å²) in [7, 11) is 0. The lowest BCUT2D eigenvalue weighted by atomic mass is 10.2. The summed E-state index contributed by atoms with van der Waals surface area (Å²) in [5.74, 6) is 0.430. The third-order valence-electron chi connectivity index (χ3n) is 4.46. The van der Waals surface area contributed by atoms with E-state index in [1.54, 1.807) is 36.4 Å². The molecule has 0 aliphatic carbocycles. The summed E-state index contributed by atoms with van der Waals surface area (Å²) >= 11 is 5.94. The van der Waals surface area contributed by atoms with Crippen molar-refractivity contribution in [3.63, 3.8) is 0 Å². The molecule has 0 aliphatic heterocycles. The van der Waals surface area contributed by atoms with Crippen molar-refractivity contribution >= 4 is 34.4 Å². The number of carbonyl (C=O) groups excluding carboxylic acids is 1. The van der Waals surface area contributed by atoms with E-state index in [0.29, 0.717) is 23.8 Å². The third-order valence-corrected chi connectivity index (χ3v) is 4.70. The zero-order valence-electron chi connectivity index (χ0n) is 15.4. The minimum absolute atomic E-state index is 0.296. The number of anilines is 1. The van der Waals surface area contributed by atoms with Crippen LogP contribution in [0.5, 0.6) is 0 Å². The number of urea groups is 1. The number of benzene rings is 3.